The molecule has 174 valence electrons. The average Bonchev–Trinajstić information content (AvgIpc) is 3.52. The van der Waals surface area contributed by atoms with Crippen LogP contribution in [0, 0.1) is 0 Å². The number of halogens is 1. The van der Waals surface area contributed by atoms with Crippen molar-refractivity contribution in [3.8, 4) is 11.4 Å². The molecule has 1 aliphatic heterocycles. The normalized spacial score (nSPS) is 13.9. The first-order valence-corrected chi connectivity index (χ1v) is 13.3. The number of anilines is 1. The summed E-state index contributed by atoms with van der Waals surface area (Å²) < 4.78 is 4.01. The lowest BCUT2D eigenvalue weighted by Gasteiger charge is -2.30. The van der Waals surface area contributed by atoms with Gasteiger partial charge in [0.25, 0.3) is 5.56 Å². The largest absolute Gasteiger partial charge is 0.368 e. The zero-order chi connectivity index (χ0) is 23.5. The number of rotatable bonds is 7. The molecule has 0 aliphatic carbocycles. The summed E-state index contributed by atoms with van der Waals surface area (Å²) in [5.74, 6) is 2.15. The van der Waals surface area contributed by atoms with Crippen LogP contribution in [0.4, 0.5) is 5.69 Å². The van der Waals surface area contributed by atoms with Crippen molar-refractivity contribution in [3.05, 3.63) is 86.2 Å². The van der Waals surface area contributed by atoms with Crippen LogP contribution in [0.1, 0.15) is 21.8 Å². The fraction of sp³-hybridized carbons (Fsp3) is 0.250. The summed E-state index contributed by atoms with van der Waals surface area (Å²) in [6.07, 6.45) is 4.50. The monoisotopic (exact) mass is 511 g/mol. The topological polar surface area (TPSA) is 73.0 Å². The molecule has 34 heavy (non-hydrogen) atoms. The van der Waals surface area contributed by atoms with Gasteiger partial charge in [-0.15, -0.1) is 16.4 Å². The molecule has 4 heterocycles. The molecule has 1 saturated heterocycles. The smallest absolute Gasteiger partial charge is 0.255 e. The molecule has 0 saturated carbocycles. The number of hydrogen-bond donors (Lipinski definition) is 0. The van der Waals surface area contributed by atoms with Crippen LogP contribution in [0.3, 0.4) is 0 Å². The Balaban J connectivity index is 1.42. The summed E-state index contributed by atoms with van der Waals surface area (Å²) in [5, 5.41) is 8.66. The third-order valence-electron chi connectivity index (χ3n) is 5.66. The van der Waals surface area contributed by atoms with Gasteiger partial charge in [0.1, 0.15) is 0 Å². The van der Waals surface area contributed by atoms with E-state index in [-0.39, 0.29) is 11.3 Å². The molecule has 0 radical (unpaired) electrons. The lowest BCUT2D eigenvalue weighted by atomic mass is 10.1. The van der Waals surface area contributed by atoms with E-state index < -0.39 is 0 Å². The molecular formula is C24H22ClN5O2S2. The molecule has 0 bridgehead atoms. The van der Waals surface area contributed by atoms with Gasteiger partial charge in [-0.05, 0) is 36.4 Å². The highest BCUT2D eigenvalue weighted by atomic mass is 35.5. The molecule has 0 spiro atoms. The van der Waals surface area contributed by atoms with Crippen LogP contribution in [0.25, 0.3) is 11.4 Å². The first-order chi connectivity index (χ1) is 16.6. The minimum Gasteiger partial charge on any atom is -0.368 e. The molecule has 1 aliphatic rings. The number of pyridine rings is 1. The number of carbonyl (C=O) groups excluding carboxylic acids is 1. The van der Waals surface area contributed by atoms with Crippen LogP contribution < -0.4 is 10.5 Å². The summed E-state index contributed by atoms with van der Waals surface area (Å²) in [5.41, 5.74) is 3.39. The number of benzene rings is 1. The lowest BCUT2D eigenvalue weighted by molar-refractivity contribution is 0.0986. The number of ketones is 1. The highest BCUT2D eigenvalue weighted by Gasteiger charge is 2.19. The zero-order valence-corrected chi connectivity index (χ0v) is 20.7. The first kappa shape index (κ1) is 22.9. The van der Waals surface area contributed by atoms with Gasteiger partial charge < -0.3 is 4.90 Å². The third kappa shape index (κ3) is 4.96. The zero-order valence-electron chi connectivity index (χ0n) is 18.3. The molecule has 5 rings (SSSR count). The van der Waals surface area contributed by atoms with Crippen LogP contribution in [0.15, 0.2) is 65.7 Å². The average molecular weight is 512 g/mol. The van der Waals surface area contributed by atoms with Crippen LogP contribution >= 0.6 is 34.7 Å². The second kappa shape index (κ2) is 10.2. The molecule has 0 atom stereocenters. The van der Waals surface area contributed by atoms with Crippen LogP contribution in [-0.4, -0.2) is 49.9 Å². The molecule has 10 heteroatoms. The van der Waals surface area contributed by atoms with E-state index >= 15 is 0 Å². The predicted molar refractivity (Wildman–Crippen MR) is 138 cm³/mol. The van der Waals surface area contributed by atoms with Gasteiger partial charge >= 0.3 is 0 Å². The number of aryl methyl sites for hydroxylation is 1. The Morgan fingerprint density at radius 1 is 1.06 bits per heavy atom. The van der Waals surface area contributed by atoms with Gasteiger partial charge in [-0.25, -0.2) is 4.68 Å². The minimum absolute atomic E-state index is 0.0515. The molecule has 1 fully saturated rings. The van der Waals surface area contributed by atoms with E-state index in [2.05, 4.69) is 15.2 Å². The maximum absolute atomic E-state index is 12.4. The van der Waals surface area contributed by atoms with Crippen LogP contribution in [-0.2, 0) is 6.42 Å². The van der Waals surface area contributed by atoms with Gasteiger partial charge in [-0.1, -0.05) is 22.9 Å². The molecule has 0 unspecified atom stereocenters. The number of hydrogen-bond acceptors (Lipinski definition) is 7. The Bertz CT molecular complexity index is 1370. The Morgan fingerprint density at radius 3 is 2.68 bits per heavy atom. The Morgan fingerprint density at radius 2 is 1.91 bits per heavy atom. The highest BCUT2D eigenvalue weighted by molar-refractivity contribution is 7.99. The predicted octanol–water partition coefficient (Wildman–Crippen LogP) is 4.50. The summed E-state index contributed by atoms with van der Waals surface area (Å²) in [4.78, 5) is 27.8. The van der Waals surface area contributed by atoms with Crippen LogP contribution in [0.2, 0.25) is 4.34 Å². The van der Waals surface area contributed by atoms with E-state index in [1.807, 2.05) is 42.2 Å². The van der Waals surface area contributed by atoms with Gasteiger partial charge in [0.2, 0.25) is 0 Å². The van der Waals surface area contributed by atoms with Gasteiger partial charge in [0, 0.05) is 49.7 Å². The summed E-state index contributed by atoms with van der Waals surface area (Å²) in [7, 11) is 0. The van der Waals surface area contributed by atoms with Gasteiger partial charge in [-0.2, -0.15) is 11.8 Å². The molecular weight excluding hydrogens is 490 g/mol. The minimum atomic E-state index is -0.0739. The van der Waals surface area contributed by atoms with Crippen molar-refractivity contribution in [2.24, 2.45) is 0 Å². The third-order valence-corrected chi connectivity index (χ3v) is 7.87. The fourth-order valence-electron chi connectivity index (χ4n) is 3.91. The quantitative estimate of drug-likeness (QED) is 0.340. The maximum atomic E-state index is 12.4. The fourth-order valence-corrected chi connectivity index (χ4v) is 5.83. The van der Waals surface area contributed by atoms with Crippen molar-refractivity contribution in [1.82, 2.24) is 19.6 Å². The first-order valence-electron chi connectivity index (χ1n) is 10.9. The Kier molecular flexibility index (Phi) is 6.85. The van der Waals surface area contributed by atoms with Gasteiger partial charge in [0.05, 0.1) is 38.2 Å². The lowest BCUT2D eigenvalue weighted by Crippen LogP contribution is -2.33. The molecule has 0 amide bonds. The van der Waals surface area contributed by atoms with Crippen molar-refractivity contribution in [1.29, 1.82) is 0 Å². The number of nitrogens with zero attached hydrogens (tertiary/aromatic N) is 5. The maximum Gasteiger partial charge on any atom is 0.255 e. The molecule has 3 aromatic heterocycles. The van der Waals surface area contributed by atoms with E-state index in [1.165, 1.54) is 11.3 Å². The number of carbonyl (C=O) groups is 1. The summed E-state index contributed by atoms with van der Waals surface area (Å²) in [6, 6.07) is 14.6. The second-order valence-electron chi connectivity index (χ2n) is 7.86. The van der Waals surface area contributed by atoms with E-state index in [4.69, 9.17) is 11.6 Å². The van der Waals surface area contributed by atoms with Gasteiger partial charge in [0.15, 0.2) is 5.78 Å². The highest BCUT2D eigenvalue weighted by Crippen LogP contribution is 2.29. The van der Waals surface area contributed by atoms with Crippen molar-refractivity contribution in [3.63, 3.8) is 0 Å². The number of thioether (sulfide) groups is 1. The molecule has 1 aromatic carbocycles. The van der Waals surface area contributed by atoms with Crippen molar-refractivity contribution < 1.29 is 4.79 Å². The van der Waals surface area contributed by atoms with E-state index in [0.29, 0.717) is 22.1 Å². The molecule has 7 nitrogen and oxygen atoms in total. The Labute approximate surface area is 210 Å². The standard InChI is InChI=1S/C24H22ClN5O2S2/c25-23-9-8-22(34-23)21(31)7-4-17-16-30(27-26-17)19-6-5-18(29-10-2-1-3-24(29)32)15-20(19)28-11-13-33-14-12-28/h1-3,5-6,8-10,15-16H,4,7,11-14H2. The van der Waals surface area contributed by atoms with Crippen molar-refractivity contribution in [2.45, 2.75) is 12.8 Å². The van der Waals surface area contributed by atoms with Crippen LogP contribution in [0.5, 0.6) is 0 Å². The number of thiophene rings is 1. The molecule has 4 aromatic rings. The SMILES string of the molecule is O=C(CCc1cn(-c2ccc(-n3ccccc3=O)cc2N2CCSCC2)nn1)c1ccc(Cl)s1. The van der Waals surface area contributed by atoms with E-state index in [0.717, 1.165) is 47.4 Å². The van der Waals surface area contributed by atoms with Gasteiger partial charge in [-0.3, -0.25) is 14.2 Å². The van der Waals surface area contributed by atoms with E-state index in [1.54, 1.807) is 39.7 Å². The molecule has 0 N–H and O–H groups in total. The van der Waals surface area contributed by atoms with Crippen molar-refractivity contribution >= 4 is 46.2 Å². The van der Waals surface area contributed by atoms with Crippen molar-refractivity contribution in [2.75, 3.05) is 29.5 Å². The van der Waals surface area contributed by atoms with E-state index in [9.17, 15) is 9.59 Å². The summed E-state index contributed by atoms with van der Waals surface area (Å²) in [6.45, 7) is 1.84. The second-order valence-corrected chi connectivity index (χ2v) is 10.8. The summed E-state index contributed by atoms with van der Waals surface area (Å²) >= 11 is 9.18. The Hall–Kier alpha value is -2.88. The number of aromatic nitrogens is 4. The number of Topliss-reactive ketones (excluding diaryl/α,β-unsaturated/α-hetero) is 1.